The number of aromatic nitrogens is 2. The van der Waals surface area contributed by atoms with Gasteiger partial charge in [-0.1, -0.05) is 19.3 Å². The van der Waals surface area contributed by atoms with Crippen LogP contribution in [0.3, 0.4) is 0 Å². The molecule has 23 heavy (non-hydrogen) atoms. The van der Waals surface area contributed by atoms with Gasteiger partial charge in [-0.15, -0.1) is 0 Å². The molecule has 0 spiro atoms. The molecular weight excluding hydrogens is 314 g/mol. The molecule has 0 aromatic carbocycles. The normalized spacial score (nSPS) is 22.3. The van der Waals surface area contributed by atoms with Gasteiger partial charge in [-0.05, 0) is 12.8 Å². The maximum Gasteiger partial charge on any atom is 0.276 e. The molecule has 2 N–H and O–H groups in total. The lowest BCUT2D eigenvalue weighted by atomic mass is 9.89. The topological polar surface area (TPSA) is 92.4 Å². The fourth-order valence-electron chi connectivity index (χ4n) is 3.42. The second-order valence-corrected chi connectivity index (χ2v) is 8.05. The van der Waals surface area contributed by atoms with Gasteiger partial charge in [0.25, 0.3) is 10.2 Å². The Hall–Kier alpha value is -1.09. The summed E-state index contributed by atoms with van der Waals surface area (Å²) in [7, 11) is -3.56. The van der Waals surface area contributed by atoms with Gasteiger partial charge in [0.05, 0.1) is 0 Å². The third-order valence-corrected chi connectivity index (χ3v) is 5.88. The van der Waals surface area contributed by atoms with Crippen LogP contribution in [0.25, 0.3) is 0 Å². The van der Waals surface area contributed by atoms with E-state index in [9.17, 15) is 8.42 Å². The summed E-state index contributed by atoms with van der Waals surface area (Å²) in [6.07, 6.45) is 10.1. The first kappa shape index (κ1) is 16.8. The molecule has 1 saturated carbocycles. The molecule has 0 radical (unpaired) electrons. The Kier molecular flexibility index (Phi) is 5.25. The molecule has 0 amide bonds. The molecule has 8 heteroatoms. The molecule has 0 bridgehead atoms. The molecular formula is C15H25N5O2S. The highest BCUT2D eigenvalue weighted by Gasteiger charge is 2.24. The van der Waals surface area contributed by atoms with Crippen molar-refractivity contribution in [1.82, 2.24) is 19.2 Å². The van der Waals surface area contributed by atoms with Crippen molar-refractivity contribution in [3.63, 3.8) is 0 Å². The summed E-state index contributed by atoms with van der Waals surface area (Å²) in [5.41, 5.74) is 1.08. The van der Waals surface area contributed by atoms with E-state index in [2.05, 4.69) is 14.9 Å². The molecule has 1 aromatic rings. The van der Waals surface area contributed by atoms with Gasteiger partial charge in [-0.2, -0.15) is 12.7 Å². The maximum absolute atomic E-state index is 11.3. The molecule has 1 saturated heterocycles. The molecule has 1 aromatic heterocycles. The number of nitrogens with zero attached hydrogens (tertiary/aromatic N) is 4. The van der Waals surface area contributed by atoms with Gasteiger partial charge in [0.2, 0.25) is 0 Å². The van der Waals surface area contributed by atoms with Crippen molar-refractivity contribution >= 4 is 10.2 Å². The summed E-state index contributed by atoms with van der Waals surface area (Å²) in [5, 5.41) is 5.16. The fraction of sp³-hybridized carbons (Fsp3) is 0.733. The predicted molar refractivity (Wildman–Crippen MR) is 87.8 cm³/mol. The van der Waals surface area contributed by atoms with E-state index in [4.69, 9.17) is 5.14 Å². The lowest BCUT2D eigenvalue weighted by molar-refractivity contribution is 0.181. The molecule has 2 heterocycles. The highest BCUT2D eigenvalue weighted by molar-refractivity contribution is 7.86. The van der Waals surface area contributed by atoms with Crippen molar-refractivity contribution in [2.75, 3.05) is 26.2 Å². The van der Waals surface area contributed by atoms with Gasteiger partial charge in [-0.3, -0.25) is 4.90 Å². The second kappa shape index (κ2) is 7.21. The van der Waals surface area contributed by atoms with E-state index in [-0.39, 0.29) is 0 Å². The monoisotopic (exact) mass is 339 g/mol. The Morgan fingerprint density at radius 3 is 2.22 bits per heavy atom. The number of piperazine rings is 1. The van der Waals surface area contributed by atoms with Crippen molar-refractivity contribution in [2.45, 2.75) is 44.6 Å². The first-order valence-corrected chi connectivity index (χ1v) is 9.84. The van der Waals surface area contributed by atoms with E-state index in [0.29, 0.717) is 32.1 Å². The van der Waals surface area contributed by atoms with Crippen molar-refractivity contribution in [3.05, 3.63) is 23.8 Å². The Labute approximate surface area is 138 Å². The highest BCUT2D eigenvalue weighted by Crippen LogP contribution is 2.30. The molecule has 2 aliphatic rings. The van der Waals surface area contributed by atoms with E-state index in [1.807, 2.05) is 12.4 Å². The smallest absolute Gasteiger partial charge is 0.276 e. The third kappa shape index (κ3) is 4.47. The lowest BCUT2D eigenvalue weighted by Gasteiger charge is -2.32. The van der Waals surface area contributed by atoms with Gasteiger partial charge < -0.3 is 0 Å². The van der Waals surface area contributed by atoms with Crippen LogP contribution in [0.15, 0.2) is 12.4 Å². The third-order valence-electron chi connectivity index (χ3n) is 4.79. The Bertz CT molecular complexity index is 605. The van der Waals surface area contributed by atoms with Crippen LogP contribution in [-0.2, 0) is 16.8 Å². The van der Waals surface area contributed by atoms with E-state index < -0.39 is 10.2 Å². The predicted octanol–water partition coefficient (Wildman–Crippen LogP) is 0.845. The molecule has 0 atom stereocenters. The molecule has 2 fully saturated rings. The van der Waals surface area contributed by atoms with Crippen molar-refractivity contribution in [3.8, 4) is 0 Å². The second-order valence-electron chi connectivity index (χ2n) is 6.50. The van der Waals surface area contributed by atoms with Crippen LogP contribution in [0.2, 0.25) is 0 Å². The fourth-order valence-corrected chi connectivity index (χ4v) is 4.09. The quantitative estimate of drug-likeness (QED) is 0.878. The number of hydrogen-bond donors (Lipinski definition) is 1. The maximum atomic E-state index is 11.3. The first-order chi connectivity index (χ1) is 11.0. The van der Waals surface area contributed by atoms with E-state index in [0.717, 1.165) is 17.9 Å². The van der Waals surface area contributed by atoms with Crippen molar-refractivity contribution in [1.29, 1.82) is 0 Å². The number of hydrogen-bond acceptors (Lipinski definition) is 5. The summed E-state index contributed by atoms with van der Waals surface area (Å²) < 4.78 is 23.9. The molecule has 1 aliphatic heterocycles. The van der Waals surface area contributed by atoms with Crippen LogP contribution in [0.5, 0.6) is 0 Å². The van der Waals surface area contributed by atoms with Crippen LogP contribution in [0, 0.1) is 0 Å². The largest absolute Gasteiger partial charge is 0.296 e. The Morgan fingerprint density at radius 2 is 1.65 bits per heavy atom. The Balaban J connectivity index is 1.53. The zero-order chi connectivity index (χ0) is 16.3. The summed E-state index contributed by atoms with van der Waals surface area (Å²) >= 11 is 0. The van der Waals surface area contributed by atoms with Gasteiger partial charge in [-0.25, -0.2) is 15.1 Å². The van der Waals surface area contributed by atoms with Gasteiger partial charge in [0.1, 0.15) is 5.82 Å². The van der Waals surface area contributed by atoms with Crippen LogP contribution in [0.1, 0.15) is 49.4 Å². The van der Waals surface area contributed by atoms with Crippen LogP contribution >= 0.6 is 0 Å². The SMILES string of the molecule is NS(=O)(=O)N1CCN(Cc2cnc(C3CCCCC3)nc2)CC1. The van der Waals surface area contributed by atoms with Gasteiger partial charge >= 0.3 is 0 Å². The minimum Gasteiger partial charge on any atom is -0.296 e. The molecule has 7 nitrogen and oxygen atoms in total. The average molecular weight is 339 g/mol. The summed E-state index contributed by atoms with van der Waals surface area (Å²) in [4.78, 5) is 11.3. The van der Waals surface area contributed by atoms with E-state index in [1.54, 1.807) is 0 Å². The minimum absolute atomic E-state index is 0.444. The molecule has 1 aliphatic carbocycles. The minimum atomic E-state index is -3.56. The highest BCUT2D eigenvalue weighted by atomic mass is 32.2. The zero-order valence-electron chi connectivity index (χ0n) is 13.4. The van der Waals surface area contributed by atoms with Crippen molar-refractivity contribution < 1.29 is 8.42 Å². The van der Waals surface area contributed by atoms with Crippen molar-refractivity contribution in [2.24, 2.45) is 5.14 Å². The van der Waals surface area contributed by atoms with Crippen LogP contribution in [-0.4, -0.2) is 53.8 Å². The summed E-state index contributed by atoms with van der Waals surface area (Å²) in [6, 6.07) is 0. The zero-order valence-corrected chi connectivity index (χ0v) is 14.2. The summed E-state index contributed by atoms with van der Waals surface area (Å²) in [5.74, 6) is 1.50. The molecule has 128 valence electrons. The van der Waals surface area contributed by atoms with Gasteiger partial charge in [0, 0.05) is 56.6 Å². The van der Waals surface area contributed by atoms with E-state index >= 15 is 0 Å². The summed E-state index contributed by atoms with van der Waals surface area (Å²) in [6.45, 7) is 3.00. The lowest BCUT2D eigenvalue weighted by Crippen LogP contribution is -2.50. The first-order valence-electron chi connectivity index (χ1n) is 8.33. The van der Waals surface area contributed by atoms with E-state index in [1.165, 1.54) is 36.4 Å². The number of rotatable bonds is 4. The standard InChI is InChI=1S/C15H25N5O2S/c16-23(21,22)20-8-6-19(7-9-20)12-13-10-17-15(18-11-13)14-4-2-1-3-5-14/h10-11,14H,1-9,12H2,(H2,16,21,22). The van der Waals surface area contributed by atoms with Crippen LogP contribution in [0.4, 0.5) is 0 Å². The molecule has 3 rings (SSSR count). The number of nitrogens with two attached hydrogens (primary N) is 1. The van der Waals surface area contributed by atoms with Crippen LogP contribution < -0.4 is 5.14 Å². The van der Waals surface area contributed by atoms with Gasteiger partial charge in [0.15, 0.2) is 0 Å². The Morgan fingerprint density at radius 1 is 1.04 bits per heavy atom. The average Bonchev–Trinajstić information content (AvgIpc) is 2.56. The molecule has 0 unspecified atom stereocenters.